The number of hydrogen-bond donors (Lipinski definition) is 2. The molecular formula is C18H19BrN2O6. The number of carbonyl (C=O) groups excluding carboxylic acids is 1. The fourth-order valence-electron chi connectivity index (χ4n) is 2.10. The van der Waals surface area contributed by atoms with Crippen molar-refractivity contribution in [3.8, 4) is 28.7 Å². The standard InChI is InChI=1S/C18H19BrN2O6/c1-24-14-8-12(19)4-5-13(14)27-10-17(22)21-20-9-11-6-15(25-2)18(23)16(7-11)26-3/h4-9,23H,10H2,1-3H3,(H,21,22). The number of halogens is 1. The molecule has 0 fully saturated rings. The first-order valence-corrected chi connectivity index (χ1v) is 8.51. The van der Waals surface area contributed by atoms with E-state index in [9.17, 15) is 9.90 Å². The van der Waals surface area contributed by atoms with Crippen LogP contribution in [0.15, 0.2) is 39.9 Å². The Balaban J connectivity index is 1.96. The van der Waals surface area contributed by atoms with E-state index in [-0.39, 0.29) is 23.9 Å². The van der Waals surface area contributed by atoms with Gasteiger partial charge in [0.15, 0.2) is 29.6 Å². The summed E-state index contributed by atoms with van der Waals surface area (Å²) >= 11 is 3.33. The minimum atomic E-state index is -0.450. The summed E-state index contributed by atoms with van der Waals surface area (Å²) in [5.74, 6) is 0.837. The lowest BCUT2D eigenvalue weighted by Gasteiger charge is -2.10. The Morgan fingerprint density at radius 1 is 1.07 bits per heavy atom. The number of nitrogens with one attached hydrogen (secondary N) is 1. The van der Waals surface area contributed by atoms with Crippen molar-refractivity contribution < 1.29 is 28.8 Å². The molecule has 0 aliphatic rings. The van der Waals surface area contributed by atoms with Gasteiger partial charge in [0, 0.05) is 10.0 Å². The van der Waals surface area contributed by atoms with Crippen LogP contribution in [0.5, 0.6) is 28.7 Å². The lowest BCUT2D eigenvalue weighted by Crippen LogP contribution is -2.24. The lowest BCUT2D eigenvalue weighted by atomic mass is 10.2. The highest BCUT2D eigenvalue weighted by Gasteiger charge is 2.11. The van der Waals surface area contributed by atoms with Crippen LogP contribution in [-0.2, 0) is 4.79 Å². The van der Waals surface area contributed by atoms with Crippen molar-refractivity contribution in [2.45, 2.75) is 0 Å². The first-order valence-electron chi connectivity index (χ1n) is 7.71. The van der Waals surface area contributed by atoms with E-state index < -0.39 is 5.91 Å². The lowest BCUT2D eigenvalue weighted by molar-refractivity contribution is -0.123. The van der Waals surface area contributed by atoms with Gasteiger partial charge in [0.25, 0.3) is 5.91 Å². The normalized spacial score (nSPS) is 10.5. The highest BCUT2D eigenvalue weighted by Crippen LogP contribution is 2.36. The molecule has 144 valence electrons. The Morgan fingerprint density at radius 2 is 1.70 bits per heavy atom. The van der Waals surface area contributed by atoms with Crippen molar-refractivity contribution in [1.82, 2.24) is 5.43 Å². The smallest absolute Gasteiger partial charge is 0.277 e. The van der Waals surface area contributed by atoms with Gasteiger partial charge in [-0.3, -0.25) is 4.79 Å². The number of ether oxygens (including phenoxy) is 4. The maximum absolute atomic E-state index is 11.9. The van der Waals surface area contributed by atoms with Crippen molar-refractivity contribution in [3.05, 3.63) is 40.4 Å². The molecule has 0 bridgehead atoms. The van der Waals surface area contributed by atoms with Gasteiger partial charge in [0.05, 0.1) is 27.5 Å². The summed E-state index contributed by atoms with van der Waals surface area (Å²) < 4.78 is 21.6. The van der Waals surface area contributed by atoms with Gasteiger partial charge in [-0.15, -0.1) is 0 Å². The molecule has 2 aromatic rings. The van der Waals surface area contributed by atoms with Gasteiger partial charge in [0.2, 0.25) is 5.75 Å². The molecule has 8 nitrogen and oxygen atoms in total. The molecule has 2 N–H and O–H groups in total. The maximum Gasteiger partial charge on any atom is 0.277 e. The van der Waals surface area contributed by atoms with Crippen LogP contribution in [-0.4, -0.2) is 45.2 Å². The molecule has 0 unspecified atom stereocenters. The highest BCUT2D eigenvalue weighted by atomic mass is 79.9. The summed E-state index contributed by atoms with van der Waals surface area (Å²) in [4.78, 5) is 11.9. The fourth-order valence-corrected chi connectivity index (χ4v) is 2.44. The predicted molar refractivity (Wildman–Crippen MR) is 103 cm³/mol. The minimum absolute atomic E-state index is 0.113. The van der Waals surface area contributed by atoms with Crippen LogP contribution in [0.2, 0.25) is 0 Å². The van der Waals surface area contributed by atoms with Crippen LogP contribution >= 0.6 is 15.9 Å². The second kappa shape index (κ2) is 9.67. The number of aromatic hydroxyl groups is 1. The second-order valence-electron chi connectivity index (χ2n) is 5.15. The summed E-state index contributed by atoms with van der Waals surface area (Å²) in [6.45, 7) is -0.239. The number of methoxy groups -OCH3 is 3. The summed E-state index contributed by atoms with van der Waals surface area (Å²) in [7, 11) is 4.36. The molecule has 9 heteroatoms. The van der Waals surface area contributed by atoms with E-state index in [0.717, 1.165) is 4.47 Å². The van der Waals surface area contributed by atoms with E-state index in [1.54, 1.807) is 30.3 Å². The van der Waals surface area contributed by atoms with Gasteiger partial charge in [-0.1, -0.05) is 15.9 Å². The van der Waals surface area contributed by atoms with Crippen LogP contribution in [0, 0.1) is 0 Å². The van der Waals surface area contributed by atoms with E-state index in [2.05, 4.69) is 26.5 Å². The molecule has 0 aliphatic carbocycles. The van der Waals surface area contributed by atoms with Crippen LogP contribution < -0.4 is 24.4 Å². The van der Waals surface area contributed by atoms with Crippen molar-refractivity contribution in [3.63, 3.8) is 0 Å². The Hall–Kier alpha value is -2.94. The second-order valence-corrected chi connectivity index (χ2v) is 6.07. The molecule has 0 aliphatic heterocycles. The molecular weight excluding hydrogens is 420 g/mol. The fraction of sp³-hybridized carbons (Fsp3) is 0.222. The molecule has 27 heavy (non-hydrogen) atoms. The van der Waals surface area contributed by atoms with E-state index >= 15 is 0 Å². The van der Waals surface area contributed by atoms with Gasteiger partial charge in [-0.2, -0.15) is 5.10 Å². The number of phenols is 1. The number of carbonyl (C=O) groups is 1. The van der Waals surface area contributed by atoms with Crippen molar-refractivity contribution in [2.75, 3.05) is 27.9 Å². The number of amides is 1. The van der Waals surface area contributed by atoms with E-state index in [1.165, 1.54) is 27.5 Å². The van der Waals surface area contributed by atoms with Crippen LogP contribution in [0.25, 0.3) is 0 Å². The van der Waals surface area contributed by atoms with Gasteiger partial charge < -0.3 is 24.1 Å². The molecule has 0 heterocycles. The molecule has 2 aromatic carbocycles. The summed E-state index contributed by atoms with van der Waals surface area (Å²) in [5.41, 5.74) is 2.92. The molecule has 0 aromatic heterocycles. The molecule has 0 saturated heterocycles. The average Bonchev–Trinajstić information content (AvgIpc) is 2.67. The zero-order valence-electron chi connectivity index (χ0n) is 15.0. The summed E-state index contributed by atoms with van der Waals surface area (Å²) in [5, 5.41) is 13.7. The zero-order valence-corrected chi connectivity index (χ0v) is 16.6. The van der Waals surface area contributed by atoms with Crippen LogP contribution in [0.4, 0.5) is 0 Å². The molecule has 0 spiro atoms. The number of benzene rings is 2. The third-order valence-corrected chi connectivity index (χ3v) is 3.88. The Morgan fingerprint density at radius 3 is 2.30 bits per heavy atom. The molecule has 0 atom stereocenters. The maximum atomic E-state index is 11.9. The Labute approximate surface area is 164 Å². The van der Waals surface area contributed by atoms with Crippen LogP contribution in [0.3, 0.4) is 0 Å². The van der Waals surface area contributed by atoms with Crippen molar-refractivity contribution in [1.29, 1.82) is 0 Å². The van der Waals surface area contributed by atoms with E-state index in [4.69, 9.17) is 18.9 Å². The topological polar surface area (TPSA) is 98.6 Å². The van der Waals surface area contributed by atoms with Gasteiger partial charge in [-0.05, 0) is 30.3 Å². The third-order valence-electron chi connectivity index (χ3n) is 3.39. The largest absolute Gasteiger partial charge is 0.502 e. The van der Waals surface area contributed by atoms with Crippen molar-refractivity contribution >= 4 is 28.1 Å². The number of rotatable bonds is 8. The SMILES string of the molecule is COc1cc(Br)ccc1OCC(=O)NN=Cc1cc(OC)c(O)c(OC)c1. The van der Waals surface area contributed by atoms with Crippen molar-refractivity contribution in [2.24, 2.45) is 5.10 Å². The first kappa shape index (κ1) is 20.4. The van der Waals surface area contributed by atoms with E-state index in [1.807, 2.05) is 0 Å². The Kier molecular flexibility index (Phi) is 7.30. The first-order chi connectivity index (χ1) is 13.0. The predicted octanol–water partition coefficient (Wildman–Crippen LogP) is 2.71. The number of phenolic OH excluding ortho intramolecular Hbond substituents is 1. The Bertz CT molecular complexity index is 816. The molecule has 0 saturated carbocycles. The van der Waals surface area contributed by atoms with Gasteiger partial charge in [0.1, 0.15) is 0 Å². The van der Waals surface area contributed by atoms with Crippen LogP contribution in [0.1, 0.15) is 5.56 Å². The summed E-state index contributed by atoms with van der Waals surface area (Å²) in [6, 6.07) is 8.30. The zero-order chi connectivity index (χ0) is 19.8. The quantitative estimate of drug-likeness (QED) is 0.485. The molecule has 0 radical (unpaired) electrons. The molecule has 2 rings (SSSR count). The van der Waals surface area contributed by atoms with E-state index in [0.29, 0.717) is 17.1 Å². The highest BCUT2D eigenvalue weighted by molar-refractivity contribution is 9.10. The monoisotopic (exact) mass is 438 g/mol. The number of hydrogen-bond acceptors (Lipinski definition) is 7. The minimum Gasteiger partial charge on any atom is -0.502 e. The van der Waals surface area contributed by atoms with Gasteiger partial charge >= 0.3 is 0 Å². The summed E-state index contributed by atoms with van der Waals surface area (Å²) in [6.07, 6.45) is 1.39. The van der Waals surface area contributed by atoms with Gasteiger partial charge in [-0.25, -0.2) is 5.43 Å². The molecule has 1 amide bonds. The average molecular weight is 439 g/mol. The third kappa shape index (κ3) is 5.52. The number of nitrogens with zero attached hydrogens (tertiary/aromatic N) is 1. The number of hydrazone groups is 1.